The van der Waals surface area contributed by atoms with Gasteiger partial charge in [0, 0.05) is 7.05 Å². The number of thiophene rings is 1. The maximum absolute atomic E-state index is 12.2. The lowest BCUT2D eigenvalue weighted by Gasteiger charge is -2.05. The van der Waals surface area contributed by atoms with Gasteiger partial charge in [0.25, 0.3) is 5.56 Å². The van der Waals surface area contributed by atoms with Gasteiger partial charge >= 0.3 is 0 Å². The van der Waals surface area contributed by atoms with Crippen molar-refractivity contribution in [2.24, 2.45) is 7.05 Å². The third-order valence-corrected chi connectivity index (χ3v) is 5.81. The predicted molar refractivity (Wildman–Crippen MR) is 80.8 cm³/mol. The van der Waals surface area contributed by atoms with Crippen LogP contribution in [-0.4, -0.2) is 13.9 Å². The molecule has 0 spiro atoms. The topological polar surface area (TPSA) is 71.6 Å². The van der Waals surface area contributed by atoms with Crippen molar-refractivity contribution < 1.29 is 0 Å². The van der Waals surface area contributed by atoms with Crippen LogP contribution in [0.3, 0.4) is 0 Å². The van der Waals surface area contributed by atoms with Gasteiger partial charge in [0.05, 0.1) is 5.39 Å². The van der Waals surface area contributed by atoms with E-state index in [0.29, 0.717) is 25.1 Å². The fourth-order valence-corrected chi connectivity index (χ4v) is 4.48. The molecular weight excluding hydrogens is 336 g/mol. The maximum atomic E-state index is 12.2. The minimum absolute atomic E-state index is 0.104. The van der Waals surface area contributed by atoms with Crippen molar-refractivity contribution in [2.45, 2.75) is 9.37 Å². The quantitative estimate of drug-likeness (QED) is 0.670. The summed E-state index contributed by atoms with van der Waals surface area (Å²) in [6.07, 6.45) is 0. The van der Waals surface area contributed by atoms with Gasteiger partial charge in [-0.1, -0.05) is 11.6 Å². The molecule has 0 atom stereocenters. The van der Waals surface area contributed by atoms with Crippen molar-refractivity contribution in [3.63, 3.8) is 0 Å². The molecule has 0 saturated carbocycles. The summed E-state index contributed by atoms with van der Waals surface area (Å²) in [6.45, 7) is 0. The molecule has 0 saturated heterocycles. The molecule has 0 amide bonds. The summed E-state index contributed by atoms with van der Waals surface area (Å²) in [5.74, 6) is 0. The molecule has 3 aromatic heterocycles. The van der Waals surface area contributed by atoms with Crippen molar-refractivity contribution in [1.29, 1.82) is 5.26 Å². The van der Waals surface area contributed by atoms with Crippen LogP contribution in [0.4, 0.5) is 0 Å². The molecule has 0 aromatic carbocycles. The van der Waals surface area contributed by atoms with E-state index < -0.39 is 0 Å². The number of halogens is 1. The van der Waals surface area contributed by atoms with Crippen LogP contribution in [0.2, 0.25) is 5.15 Å². The van der Waals surface area contributed by atoms with Crippen molar-refractivity contribution in [3.05, 3.63) is 32.5 Å². The van der Waals surface area contributed by atoms with E-state index in [2.05, 4.69) is 9.36 Å². The molecule has 0 aliphatic heterocycles. The first kappa shape index (κ1) is 13.6. The maximum Gasteiger partial charge on any atom is 0.262 e. The monoisotopic (exact) mass is 340 g/mol. The molecule has 3 rings (SSSR count). The van der Waals surface area contributed by atoms with Crippen LogP contribution in [0, 0.1) is 11.3 Å². The fraction of sp³-hybridized carbons (Fsp3) is 0.0909. The van der Waals surface area contributed by atoms with Crippen LogP contribution < -0.4 is 5.56 Å². The highest BCUT2D eigenvalue weighted by molar-refractivity contribution is 8.01. The molecule has 100 valence electrons. The Balaban J connectivity index is 2.13. The minimum atomic E-state index is -0.104. The molecule has 0 fully saturated rings. The lowest BCUT2D eigenvalue weighted by molar-refractivity contribution is 0.728. The predicted octanol–water partition coefficient (Wildman–Crippen LogP) is 3.13. The summed E-state index contributed by atoms with van der Waals surface area (Å²) in [5.41, 5.74) is 0.218. The second-order valence-electron chi connectivity index (χ2n) is 3.75. The number of rotatable bonds is 2. The minimum Gasteiger partial charge on any atom is -0.290 e. The van der Waals surface area contributed by atoms with E-state index in [9.17, 15) is 4.79 Å². The molecule has 0 unspecified atom stereocenters. The molecule has 0 bridgehead atoms. The number of hydrogen-bond acceptors (Lipinski definition) is 7. The molecule has 5 nitrogen and oxygen atoms in total. The summed E-state index contributed by atoms with van der Waals surface area (Å²) < 4.78 is 6.04. The average Bonchev–Trinajstić information content (AvgIpc) is 3.03. The first-order valence-corrected chi connectivity index (χ1v) is 8.14. The van der Waals surface area contributed by atoms with Crippen molar-refractivity contribution in [1.82, 2.24) is 13.9 Å². The zero-order chi connectivity index (χ0) is 14.3. The van der Waals surface area contributed by atoms with Crippen molar-refractivity contribution in [2.75, 3.05) is 0 Å². The van der Waals surface area contributed by atoms with Gasteiger partial charge in [0.15, 0.2) is 10.3 Å². The largest absolute Gasteiger partial charge is 0.290 e. The van der Waals surface area contributed by atoms with Gasteiger partial charge < -0.3 is 0 Å². The van der Waals surface area contributed by atoms with Gasteiger partial charge in [-0.05, 0) is 34.7 Å². The Morgan fingerprint density at radius 1 is 1.55 bits per heavy atom. The first-order valence-electron chi connectivity index (χ1n) is 5.29. The summed E-state index contributed by atoms with van der Waals surface area (Å²) >= 11 is 9.60. The Bertz CT molecular complexity index is 905. The molecule has 0 aliphatic carbocycles. The number of nitriles is 1. The molecule has 3 aromatic rings. The van der Waals surface area contributed by atoms with Gasteiger partial charge in [0.2, 0.25) is 0 Å². The van der Waals surface area contributed by atoms with Crippen LogP contribution in [0.5, 0.6) is 0 Å². The van der Waals surface area contributed by atoms with E-state index in [0.717, 1.165) is 11.5 Å². The highest BCUT2D eigenvalue weighted by Gasteiger charge is 2.17. The van der Waals surface area contributed by atoms with Gasteiger partial charge in [0.1, 0.15) is 20.7 Å². The standard InChI is InChI=1S/C11H5ClN4OS3/c1-16-9(17)5-2-3-18-8(5)14-11(16)19-10-6(4-13)7(12)15-20-10/h2-3H,1H3. The summed E-state index contributed by atoms with van der Waals surface area (Å²) in [6, 6.07) is 3.77. The van der Waals surface area contributed by atoms with E-state index in [-0.39, 0.29) is 10.7 Å². The molecule has 3 heterocycles. The molecular formula is C11H5ClN4OS3. The lowest BCUT2D eigenvalue weighted by atomic mass is 10.4. The third-order valence-electron chi connectivity index (χ3n) is 2.58. The van der Waals surface area contributed by atoms with Gasteiger partial charge in [-0.25, -0.2) is 4.98 Å². The summed E-state index contributed by atoms with van der Waals surface area (Å²) in [7, 11) is 1.66. The van der Waals surface area contributed by atoms with Crippen LogP contribution in [0.1, 0.15) is 5.56 Å². The highest BCUT2D eigenvalue weighted by atomic mass is 35.5. The molecule has 0 N–H and O–H groups in total. The Labute approximate surface area is 130 Å². The highest BCUT2D eigenvalue weighted by Crippen LogP contribution is 2.35. The van der Waals surface area contributed by atoms with E-state index in [4.69, 9.17) is 16.9 Å². The van der Waals surface area contributed by atoms with E-state index in [1.807, 2.05) is 11.4 Å². The zero-order valence-electron chi connectivity index (χ0n) is 9.95. The number of fused-ring (bicyclic) bond motifs is 1. The van der Waals surface area contributed by atoms with Crippen molar-refractivity contribution >= 4 is 56.4 Å². The first-order chi connectivity index (χ1) is 9.61. The van der Waals surface area contributed by atoms with E-state index >= 15 is 0 Å². The summed E-state index contributed by atoms with van der Waals surface area (Å²) in [5, 5.41) is 12.2. The Morgan fingerprint density at radius 2 is 2.35 bits per heavy atom. The molecule has 0 radical (unpaired) electrons. The van der Waals surface area contributed by atoms with Gasteiger partial charge in [-0.2, -0.15) is 9.64 Å². The number of nitrogens with zero attached hydrogens (tertiary/aromatic N) is 4. The van der Waals surface area contributed by atoms with Crippen LogP contribution in [-0.2, 0) is 7.05 Å². The second kappa shape index (κ2) is 5.18. The van der Waals surface area contributed by atoms with E-state index in [1.165, 1.54) is 27.7 Å². The van der Waals surface area contributed by atoms with Gasteiger partial charge in [-0.3, -0.25) is 9.36 Å². The fourth-order valence-electron chi connectivity index (χ4n) is 1.57. The molecule has 9 heteroatoms. The number of hydrogen-bond donors (Lipinski definition) is 0. The van der Waals surface area contributed by atoms with Crippen LogP contribution >= 0.6 is 46.2 Å². The zero-order valence-corrected chi connectivity index (χ0v) is 13.2. The summed E-state index contributed by atoms with van der Waals surface area (Å²) in [4.78, 5) is 17.3. The van der Waals surface area contributed by atoms with Crippen LogP contribution in [0.15, 0.2) is 25.6 Å². The second-order valence-corrected chi connectivity index (χ2v) is 7.01. The number of aromatic nitrogens is 3. The lowest BCUT2D eigenvalue weighted by Crippen LogP contribution is -2.18. The van der Waals surface area contributed by atoms with Gasteiger partial charge in [-0.15, -0.1) is 11.3 Å². The van der Waals surface area contributed by atoms with Crippen LogP contribution in [0.25, 0.3) is 10.2 Å². The molecule has 0 aliphatic rings. The average molecular weight is 341 g/mol. The Hall–Kier alpha value is -1.40. The Morgan fingerprint density at radius 3 is 3.10 bits per heavy atom. The van der Waals surface area contributed by atoms with E-state index in [1.54, 1.807) is 13.1 Å². The molecule has 20 heavy (non-hydrogen) atoms. The third kappa shape index (κ3) is 2.13. The van der Waals surface area contributed by atoms with Crippen molar-refractivity contribution in [3.8, 4) is 6.07 Å². The normalized spacial score (nSPS) is 10.8. The Kier molecular flexibility index (Phi) is 3.52. The smallest absolute Gasteiger partial charge is 0.262 e. The SMILES string of the molecule is Cn1c(Sc2snc(Cl)c2C#N)nc2sccc2c1=O.